The molecule has 1 N–H and O–H groups in total. The lowest BCUT2D eigenvalue weighted by Crippen LogP contribution is -2.13. The highest BCUT2D eigenvalue weighted by atomic mass is 32.2. The monoisotopic (exact) mass is 298 g/mol. The standard InChI is InChI=1S/C13H18N2O2S2/c1-9-4-5-11-12(6-9)15-13(14-11)18-7-10(2)8-19(3,16)17/h4-6,10H,7-8H2,1-3H3,(H,14,15). The molecule has 0 saturated carbocycles. The number of hydrogen-bond acceptors (Lipinski definition) is 4. The molecule has 2 aromatic rings. The van der Waals surface area contributed by atoms with Crippen molar-refractivity contribution in [2.45, 2.75) is 19.0 Å². The maximum absolute atomic E-state index is 11.2. The average molecular weight is 298 g/mol. The maximum Gasteiger partial charge on any atom is 0.166 e. The second-order valence-corrected chi connectivity index (χ2v) is 8.26. The minimum Gasteiger partial charge on any atom is -0.333 e. The average Bonchev–Trinajstić information content (AvgIpc) is 2.66. The van der Waals surface area contributed by atoms with Gasteiger partial charge in [-0.05, 0) is 30.5 Å². The predicted octanol–water partition coefficient (Wildman–Crippen LogP) is 2.64. The molecular formula is C13H18N2O2S2. The van der Waals surface area contributed by atoms with Crippen molar-refractivity contribution in [2.75, 3.05) is 17.8 Å². The van der Waals surface area contributed by atoms with E-state index in [-0.39, 0.29) is 11.7 Å². The highest BCUT2D eigenvalue weighted by Crippen LogP contribution is 2.22. The summed E-state index contributed by atoms with van der Waals surface area (Å²) in [5.41, 5.74) is 3.17. The van der Waals surface area contributed by atoms with Crippen molar-refractivity contribution in [3.8, 4) is 0 Å². The van der Waals surface area contributed by atoms with Crippen molar-refractivity contribution in [3.63, 3.8) is 0 Å². The summed E-state index contributed by atoms with van der Waals surface area (Å²) in [5.74, 6) is 1.08. The van der Waals surface area contributed by atoms with Crippen molar-refractivity contribution >= 4 is 32.6 Å². The molecule has 0 radical (unpaired) electrons. The number of imidazole rings is 1. The van der Waals surface area contributed by atoms with Crippen LogP contribution in [-0.2, 0) is 9.84 Å². The first-order chi connectivity index (χ1) is 8.83. The van der Waals surface area contributed by atoms with E-state index >= 15 is 0 Å². The van der Waals surface area contributed by atoms with Gasteiger partial charge in [0, 0.05) is 12.0 Å². The molecule has 6 heteroatoms. The Morgan fingerprint density at radius 1 is 1.42 bits per heavy atom. The Kier molecular flexibility index (Phi) is 4.20. The van der Waals surface area contributed by atoms with Gasteiger partial charge in [-0.1, -0.05) is 24.8 Å². The molecule has 19 heavy (non-hydrogen) atoms. The zero-order valence-corrected chi connectivity index (χ0v) is 12.9. The molecule has 0 aliphatic rings. The van der Waals surface area contributed by atoms with Crippen LogP contribution in [0.25, 0.3) is 11.0 Å². The van der Waals surface area contributed by atoms with Crippen LogP contribution < -0.4 is 0 Å². The Balaban J connectivity index is 2.02. The van der Waals surface area contributed by atoms with E-state index in [4.69, 9.17) is 0 Å². The summed E-state index contributed by atoms with van der Waals surface area (Å²) in [5, 5.41) is 0.848. The molecule has 104 valence electrons. The van der Waals surface area contributed by atoms with Gasteiger partial charge in [0.25, 0.3) is 0 Å². The number of benzene rings is 1. The van der Waals surface area contributed by atoms with Crippen LogP contribution in [0, 0.1) is 12.8 Å². The molecular weight excluding hydrogens is 280 g/mol. The molecule has 0 amide bonds. The largest absolute Gasteiger partial charge is 0.333 e. The summed E-state index contributed by atoms with van der Waals surface area (Å²) in [6, 6.07) is 6.08. The van der Waals surface area contributed by atoms with E-state index in [2.05, 4.69) is 16.0 Å². The molecule has 1 heterocycles. The van der Waals surface area contributed by atoms with E-state index in [0.29, 0.717) is 0 Å². The Hall–Kier alpha value is -1.01. The fourth-order valence-corrected chi connectivity index (χ4v) is 4.16. The van der Waals surface area contributed by atoms with Crippen LogP contribution in [-0.4, -0.2) is 36.1 Å². The van der Waals surface area contributed by atoms with Gasteiger partial charge in [-0.25, -0.2) is 13.4 Å². The number of hydrogen-bond donors (Lipinski definition) is 1. The number of nitrogens with zero attached hydrogens (tertiary/aromatic N) is 1. The van der Waals surface area contributed by atoms with Crippen molar-refractivity contribution in [2.24, 2.45) is 5.92 Å². The summed E-state index contributed by atoms with van der Waals surface area (Å²) in [7, 11) is -2.90. The molecule has 0 bridgehead atoms. The quantitative estimate of drug-likeness (QED) is 0.862. The van der Waals surface area contributed by atoms with E-state index in [1.165, 1.54) is 11.8 Å². The Labute approximate surface area is 117 Å². The van der Waals surface area contributed by atoms with Gasteiger partial charge >= 0.3 is 0 Å². The summed E-state index contributed by atoms with van der Waals surface area (Å²) in [4.78, 5) is 7.74. The summed E-state index contributed by atoms with van der Waals surface area (Å²) >= 11 is 1.57. The first kappa shape index (κ1) is 14.4. The summed E-state index contributed by atoms with van der Waals surface area (Å²) in [6.07, 6.45) is 1.28. The van der Waals surface area contributed by atoms with Crippen molar-refractivity contribution in [3.05, 3.63) is 23.8 Å². The Bertz CT molecular complexity index is 677. The van der Waals surface area contributed by atoms with Crippen LogP contribution in [0.2, 0.25) is 0 Å². The van der Waals surface area contributed by atoms with Crippen LogP contribution in [0.5, 0.6) is 0 Å². The van der Waals surface area contributed by atoms with E-state index in [1.807, 2.05) is 26.0 Å². The molecule has 0 aliphatic heterocycles. The fraction of sp³-hybridized carbons (Fsp3) is 0.462. The third-order valence-electron chi connectivity index (χ3n) is 2.71. The van der Waals surface area contributed by atoms with Gasteiger partial charge in [0.15, 0.2) is 5.16 Å². The van der Waals surface area contributed by atoms with Crippen LogP contribution in [0.1, 0.15) is 12.5 Å². The van der Waals surface area contributed by atoms with Crippen LogP contribution in [0.4, 0.5) is 0 Å². The predicted molar refractivity (Wildman–Crippen MR) is 80.4 cm³/mol. The van der Waals surface area contributed by atoms with Crippen LogP contribution in [0.3, 0.4) is 0 Å². The number of H-pyrrole nitrogens is 1. The summed E-state index contributed by atoms with van der Waals surface area (Å²) in [6.45, 7) is 3.99. The molecule has 0 saturated heterocycles. The van der Waals surface area contributed by atoms with Gasteiger partial charge in [0.05, 0.1) is 16.8 Å². The van der Waals surface area contributed by atoms with E-state index < -0.39 is 9.84 Å². The third-order valence-corrected chi connectivity index (χ3v) is 5.08. The minimum atomic E-state index is -2.90. The number of fused-ring (bicyclic) bond motifs is 1. The highest BCUT2D eigenvalue weighted by Gasteiger charge is 2.12. The third kappa shape index (κ3) is 4.24. The van der Waals surface area contributed by atoms with E-state index in [9.17, 15) is 8.42 Å². The van der Waals surface area contributed by atoms with E-state index in [1.54, 1.807) is 11.8 Å². The SMILES string of the molecule is Cc1ccc2nc(SCC(C)CS(C)(=O)=O)[nH]c2c1. The lowest BCUT2D eigenvalue weighted by molar-refractivity contribution is 0.589. The zero-order chi connectivity index (χ0) is 14.0. The number of aryl methyl sites for hydroxylation is 1. The second-order valence-electron chi connectivity index (χ2n) is 5.07. The number of aromatic amines is 1. The number of sulfone groups is 1. The molecule has 0 aliphatic carbocycles. The molecule has 1 atom stereocenters. The normalized spacial score (nSPS) is 13.8. The van der Waals surface area contributed by atoms with Gasteiger partial charge in [0.1, 0.15) is 9.84 Å². The molecule has 0 spiro atoms. The lowest BCUT2D eigenvalue weighted by Gasteiger charge is -2.07. The molecule has 1 unspecified atom stereocenters. The van der Waals surface area contributed by atoms with Crippen molar-refractivity contribution in [1.82, 2.24) is 9.97 Å². The van der Waals surface area contributed by atoms with Gasteiger partial charge < -0.3 is 4.98 Å². The zero-order valence-electron chi connectivity index (χ0n) is 11.3. The van der Waals surface area contributed by atoms with Crippen molar-refractivity contribution in [1.29, 1.82) is 0 Å². The number of rotatable bonds is 5. The molecule has 0 fully saturated rings. The first-order valence-electron chi connectivity index (χ1n) is 6.10. The van der Waals surface area contributed by atoms with Crippen molar-refractivity contribution < 1.29 is 8.42 Å². The van der Waals surface area contributed by atoms with Gasteiger partial charge in [-0.2, -0.15) is 0 Å². The second kappa shape index (κ2) is 5.54. The molecule has 2 rings (SSSR count). The first-order valence-corrected chi connectivity index (χ1v) is 9.15. The number of aromatic nitrogens is 2. The van der Waals surface area contributed by atoms with Crippen LogP contribution in [0.15, 0.2) is 23.4 Å². The van der Waals surface area contributed by atoms with Gasteiger partial charge in [-0.3, -0.25) is 0 Å². The van der Waals surface area contributed by atoms with Gasteiger partial charge in [-0.15, -0.1) is 0 Å². The maximum atomic E-state index is 11.2. The topological polar surface area (TPSA) is 62.8 Å². The molecule has 1 aromatic heterocycles. The molecule has 1 aromatic carbocycles. The van der Waals surface area contributed by atoms with Crippen LogP contribution >= 0.6 is 11.8 Å². The Morgan fingerprint density at radius 2 is 2.16 bits per heavy atom. The van der Waals surface area contributed by atoms with E-state index in [0.717, 1.165) is 21.9 Å². The van der Waals surface area contributed by atoms with Gasteiger partial charge in [0.2, 0.25) is 0 Å². The number of nitrogens with one attached hydrogen (secondary N) is 1. The Morgan fingerprint density at radius 3 is 2.84 bits per heavy atom. The number of thioether (sulfide) groups is 1. The fourth-order valence-electron chi connectivity index (χ4n) is 1.95. The smallest absolute Gasteiger partial charge is 0.166 e. The summed E-state index contributed by atoms with van der Waals surface area (Å²) < 4.78 is 22.4. The minimum absolute atomic E-state index is 0.120. The molecule has 4 nitrogen and oxygen atoms in total. The highest BCUT2D eigenvalue weighted by molar-refractivity contribution is 7.99. The lowest BCUT2D eigenvalue weighted by atomic mass is 10.2.